The largest absolute Gasteiger partial charge is 0.495 e. The number of halogens is 3. The van der Waals surface area contributed by atoms with Crippen molar-refractivity contribution < 1.29 is 21.9 Å². The summed E-state index contributed by atoms with van der Waals surface area (Å²) in [6, 6.07) is 7.06. The third-order valence-corrected chi connectivity index (χ3v) is 7.18. The van der Waals surface area contributed by atoms with Gasteiger partial charge in [-0.25, -0.2) is 17.2 Å². The van der Waals surface area contributed by atoms with Crippen molar-refractivity contribution in [1.29, 1.82) is 5.26 Å². The molecular formula is C19H18BrF2N3O3S. The second-order valence-corrected chi connectivity index (χ2v) is 9.34. The minimum absolute atomic E-state index is 0.0411. The number of methoxy groups -OCH3 is 1. The second-order valence-electron chi connectivity index (χ2n) is 6.57. The van der Waals surface area contributed by atoms with E-state index >= 15 is 0 Å². The van der Waals surface area contributed by atoms with Crippen LogP contribution in [0, 0.1) is 23.1 Å². The fourth-order valence-electron chi connectivity index (χ4n) is 3.27. The average Bonchev–Trinajstić information content (AvgIpc) is 3.16. The van der Waals surface area contributed by atoms with Crippen LogP contribution in [0.5, 0.6) is 5.75 Å². The first kappa shape index (κ1) is 21.5. The Hall–Kier alpha value is -2.22. The molecule has 154 valence electrons. The van der Waals surface area contributed by atoms with Crippen LogP contribution in [0.15, 0.2) is 45.8 Å². The van der Waals surface area contributed by atoms with Gasteiger partial charge in [-0.2, -0.15) is 9.57 Å². The van der Waals surface area contributed by atoms with E-state index in [0.717, 1.165) is 16.4 Å². The number of hydrogen-bond donors (Lipinski definition) is 0. The van der Waals surface area contributed by atoms with E-state index in [4.69, 9.17) is 10.00 Å². The Balaban J connectivity index is 2.07. The van der Waals surface area contributed by atoms with Crippen molar-refractivity contribution in [2.24, 2.45) is 0 Å². The van der Waals surface area contributed by atoms with E-state index in [1.165, 1.54) is 30.2 Å². The molecule has 1 saturated heterocycles. The van der Waals surface area contributed by atoms with E-state index in [-0.39, 0.29) is 29.3 Å². The van der Waals surface area contributed by atoms with Crippen molar-refractivity contribution in [3.63, 3.8) is 0 Å². The third-order valence-electron chi connectivity index (χ3n) is 4.77. The van der Waals surface area contributed by atoms with Gasteiger partial charge >= 0.3 is 0 Å². The van der Waals surface area contributed by atoms with E-state index in [2.05, 4.69) is 15.9 Å². The first-order chi connectivity index (χ1) is 13.8. The zero-order chi connectivity index (χ0) is 21.2. The monoisotopic (exact) mass is 485 g/mol. The lowest BCUT2D eigenvalue weighted by Gasteiger charge is -2.28. The quantitative estimate of drug-likeness (QED) is 0.585. The summed E-state index contributed by atoms with van der Waals surface area (Å²) in [6.07, 6.45) is 2.42. The van der Waals surface area contributed by atoms with Gasteiger partial charge < -0.3 is 9.64 Å². The topological polar surface area (TPSA) is 73.6 Å². The molecule has 1 unspecified atom stereocenters. The van der Waals surface area contributed by atoms with Crippen LogP contribution in [0.2, 0.25) is 0 Å². The number of likely N-dealkylation sites (tertiary alicyclic amines) is 1. The van der Waals surface area contributed by atoms with Crippen molar-refractivity contribution in [1.82, 2.24) is 9.21 Å². The smallest absolute Gasteiger partial charge is 0.247 e. The fraction of sp³-hybridized carbons (Fsp3) is 0.316. The Bertz CT molecular complexity index is 1060. The highest BCUT2D eigenvalue weighted by molar-refractivity contribution is 9.10. The van der Waals surface area contributed by atoms with Crippen LogP contribution in [0.25, 0.3) is 0 Å². The highest BCUT2D eigenvalue weighted by atomic mass is 79.9. The first-order valence-electron chi connectivity index (χ1n) is 8.70. The highest BCUT2D eigenvalue weighted by Crippen LogP contribution is 2.33. The Morgan fingerprint density at radius 1 is 1.31 bits per heavy atom. The van der Waals surface area contributed by atoms with Crippen molar-refractivity contribution >= 4 is 26.0 Å². The van der Waals surface area contributed by atoms with Gasteiger partial charge in [-0.15, -0.1) is 0 Å². The van der Waals surface area contributed by atoms with Crippen LogP contribution in [0.1, 0.15) is 12.0 Å². The van der Waals surface area contributed by atoms with Crippen LogP contribution in [0.4, 0.5) is 8.78 Å². The van der Waals surface area contributed by atoms with Crippen molar-refractivity contribution in [2.45, 2.75) is 23.9 Å². The van der Waals surface area contributed by atoms with Crippen LogP contribution in [0.3, 0.4) is 0 Å². The Labute approximate surface area is 176 Å². The van der Waals surface area contributed by atoms with Gasteiger partial charge in [0.15, 0.2) is 6.19 Å². The summed E-state index contributed by atoms with van der Waals surface area (Å²) >= 11 is 3.27. The number of nitriles is 1. The molecule has 10 heteroatoms. The van der Waals surface area contributed by atoms with Crippen molar-refractivity contribution in [2.75, 3.05) is 20.2 Å². The lowest BCUT2D eigenvalue weighted by atomic mass is 10.2. The first-order valence-corrected chi connectivity index (χ1v) is 10.9. The molecule has 2 aromatic rings. The number of benzene rings is 2. The van der Waals surface area contributed by atoms with E-state index in [9.17, 15) is 17.2 Å². The maximum Gasteiger partial charge on any atom is 0.247 e. The highest BCUT2D eigenvalue weighted by Gasteiger charge is 2.37. The van der Waals surface area contributed by atoms with Gasteiger partial charge in [0.25, 0.3) is 0 Å². The summed E-state index contributed by atoms with van der Waals surface area (Å²) < 4.78 is 61.6. The SMILES string of the molecule is COc1ccc(Br)cc1S(=O)(=O)N(Cc1ccc(F)cc1F)C1CCN(C#N)C1. The molecule has 0 aliphatic carbocycles. The standard InChI is InChI=1S/C19H18BrF2N3O3S/c1-28-18-5-3-14(20)8-19(18)29(26,27)25(16-6-7-24(11-16)12-23)10-13-2-4-15(21)9-17(13)22/h2-5,8-9,16H,6-7,10-11H2,1H3. The molecule has 1 fully saturated rings. The summed E-state index contributed by atoms with van der Waals surface area (Å²) in [5.41, 5.74) is 0.0411. The lowest BCUT2D eigenvalue weighted by Crippen LogP contribution is -2.41. The second kappa shape index (κ2) is 8.65. The molecule has 0 aromatic heterocycles. The normalized spacial score (nSPS) is 16.8. The Morgan fingerprint density at radius 3 is 2.69 bits per heavy atom. The molecule has 1 atom stereocenters. The molecule has 3 rings (SSSR count). The van der Waals surface area contributed by atoms with Gasteiger partial charge in [-0.05, 0) is 30.7 Å². The summed E-state index contributed by atoms with van der Waals surface area (Å²) in [4.78, 5) is 1.37. The molecule has 1 heterocycles. The fourth-order valence-corrected chi connectivity index (χ4v) is 5.59. The van der Waals surface area contributed by atoms with Crippen LogP contribution >= 0.6 is 15.9 Å². The molecule has 29 heavy (non-hydrogen) atoms. The van der Waals surface area contributed by atoms with Crippen LogP contribution < -0.4 is 4.74 Å². The lowest BCUT2D eigenvalue weighted by molar-refractivity contribution is 0.308. The molecule has 1 aliphatic rings. The van der Waals surface area contributed by atoms with E-state index in [1.807, 2.05) is 6.19 Å². The van der Waals surface area contributed by atoms with Gasteiger partial charge in [0, 0.05) is 41.8 Å². The minimum Gasteiger partial charge on any atom is -0.495 e. The molecule has 0 bridgehead atoms. The molecular weight excluding hydrogens is 468 g/mol. The Morgan fingerprint density at radius 2 is 2.07 bits per heavy atom. The van der Waals surface area contributed by atoms with Gasteiger partial charge in [0.05, 0.1) is 7.11 Å². The maximum absolute atomic E-state index is 14.3. The molecule has 0 amide bonds. The summed E-state index contributed by atoms with van der Waals surface area (Å²) in [5, 5.41) is 9.15. The predicted octanol–water partition coefficient (Wildman–Crippen LogP) is 3.48. The molecule has 6 nitrogen and oxygen atoms in total. The van der Waals surface area contributed by atoms with Crippen LogP contribution in [-0.2, 0) is 16.6 Å². The molecule has 0 N–H and O–H groups in total. The number of nitrogens with zero attached hydrogens (tertiary/aromatic N) is 3. The summed E-state index contributed by atoms with van der Waals surface area (Å²) in [6.45, 7) is 0.289. The number of sulfonamides is 1. The summed E-state index contributed by atoms with van der Waals surface area (Å²) in [7, 11) is -2.76. The zero-order valence-electron chi connectivity index (χ0n) is 15.5. The van der Waals surface area contributed by atoms with E-state index in [1.54, 1.807) is 6.07 Å². The van der Waals surface area contributed by atoms with Gasteiger partial charge in [-0.1, -0.05) is 22.0 Å². The average molecular weight is 486 g/mol. The van der Waals surface area contributed by atoms with E-state index in [0.29, 0.717) is 17.4 Å². The molecule has 0 radical (unpaired) electrons. The van der Waals surface area contributed by atoms with Crippen LogP contribution in [-0.4, -0.2) is 43.9 Å². The number of ether oxygens (including phenoxy) is 1. The molecule has 2 aromatic carbocycles. The predicted molar refractivity (Wildman–Crippen MR) is 105 cm³/mol. The number of hydrogen-bond acceptors (Lipinski definition) is 5. The zero-order valence-corrected chi connectivity index (χ0v) is 17.9. The van der Waals surface area contributed by atoms with Crippen molar-refractivity contribution in [3.8, 4) is 11.9 Å². The number of rotatable bonds is 6. The Kier molecular flexibility index (Phi) is 6.41. The molecule has 0 saturated carbocycles. The summed E-state index contributed by atoms with van der Waals surface area (Å²) in [5.74, 6) is -1.43. The van der Waals surface area contributed by atoms with E-state index < -0.39 is 27.7 Å². The maximum atomic E-state index is 14.3. The molecule has 1 aliphatic heterocycles. The third kappa shape index (κ3) is 4.52. The van der Waals surface area contributed by atoms with Crippen molar-refractivity contribution in [3.05, 3.63) is 58.1 Å². The van der Waals surface area contributed by atoms with Gasteiger partial charge in [0.1, 0.15) is 22.3 Å². The minimum atomic E-state index is -4.12. The van der Waals surface area contributed by atoms with Gasteiger partial charge in [-0.3, -0.25) is 0 Å². The molecule has 0 spiro atoms. The van der Waals surface area contributed by atoms with Gasteiger partial charge in [0.2, 0.25) is 10.0 Å².